The summed E-state index contributed by atoms with van der Waals surface area (Å²) in [6.07, 6.45) is 5.15. The fraction of sp³-hybridized carbons (Fsp3) is 0.600. The summed E-state index contributed by atoms with van der Waals surface area (Å²) in [5, 5.41) is 8.21. The summed E-state index contributed by atoms with van der Waals surface area (Å²) in [6, 6.07) is 3.97. The van der Waals surface area contributed by atoms with Gasteiger partial charge in [-0.2, -0.15) is 0 Å². The number of hydrogen-bond donors (Lipinski definition) is 2. The van der Waals surface area contributed by atoms with Gasteiger partial charge in [0.05, 0.1) is 10.6 Å². The molecule has 2 aliphatic carbocycles. The summed E-state index contributed by atoms with van der Waals surface area (Å²) in [6.45, 7) is 2.08. The molecule has 3 rings (SSSR count). The van der Waals surface area contributed by atoms with E-state index in [4.69, 9.17) is 5.14 Å². The molecule has 21 heavy (non-hydrogen) atoms. The Bertz CT molecular complexity index is 647. The highest BCUT2D eigenvalue weighted by atomic mass is 32.2. The van der Waals surface area contributed by atoms with E-state index in [1.165, 1.54) is 37.8 Å². The Hall–Kier alpha value is -1.14. The first-order chi connectivity index (χ1) is 9.84. The number of fused-ring (bicyclic) bond motifs is 2. The molecule has 2 saturated carbocycles. The van der Waals surface area contributed by atoms with E-state index in [1.54, 1.807) is 0 Å². The molecule has 2 aliphatic rings. The molecule has 0 spiro atoms. The van der Waals surface area contributed by atoms with Crippen molar-refractivity contribution in [3.63, 3.8) is 0 Å². The first-order valence-electron chi connectivity index (χ1n) is 7.43. The molecule has 116 valence electrons. The first-order valence-corrected chi connectivity index (χ1v) is 8.98. The smallest absolute Gasteiger partial charge is 0.238 e. The normalized spacial score (nSPS) is 29.6. The van der Waals surface area contributed by atoms with Crippen molar-refractivity contribution in [2.45, 2.75) is 43.5 Å². The number of nitrogens with one attached hydrogen (secondary N) is 1. The van der Waals surface area contributed by atoms with Gasteiger partial charge in [0.1, 0.15) is 5.82 Å². The Morgan fingerprint density at radius 3 is 2.62 bits per heavy atom. The minimum Gasteiger partial charge on any atom is -0.380 e. The topological polar surface area (TPSA) is 72.2 Å². The number of primary sulfonamides is 1. The second-order valence-corrected chi connectivity index (χ2v) is 8.02. The molecule has 6 heteroatoms. The average Bonchev–Trinajstić information content (AvgIpc) is 3.02. The van der Waals surface area contributed by atoms with E-state index in [0.717, 1.165) is 17.9 Å². The van der Waals surface area contributed by atoms with E-state index in [2.05, 4.69) is 12.2 Å². The number of anilines is 1. The van der Waals surface area contributed by atoms with Crippen LogP contribution in [0.2, 0.25) is 0 Å². The van der Waals surface area contributed by atoms with Crippen LogP contribution in [0.25, 0.3) is 0 Å². The van der Waals surface area contributed by atoms with E-state index < -0.39 is 15.8 Å². The third kappa shape index (κ3) is 2.92. The quantitative estimate of drug-likeness (QED) is 0.898. The van der Waals surface area contributed by atoms with Crippen LogP contribution in [0.5, 0.6) is 0 Å². The third-order valence-electron chi connectivity index (χ3n) is 5.09. The van der Waals surface area contributed by atoms with Crippen LogP contribution >= 0.6 is 0 Å². The molecule has 4 nitrogen and oxygen atoms in total. The van der Waals surface area contributed by atoms with E-state index >= 15 is 0 Å². The van der Waals surface area contributed by atoms with Crippen LogP contribution in [0.15, 0.2) is 23.1 Å². The predicted octanol–water partition coefficient (Wildman–Crippen LogP) is 2.71. The summed E-state index contributed by atoms with van der Waals surface area (Å²) in [5.74, 6) is 1.61. The Morgan fingerprint density at radius 1 is 1.33 bits per heavy atom. The molecule has 1 aromatic carbocycles. The summed E-state index contributed by atoms with van der Waals surface area (Å²) in [4.78, 5) is -0.196. The number of benzene rings is 1. The molecule has 0 saturated heterocycles. The zero-order chi connectivity index (χ0) is 15.2. The van der Waals surface area contributed by atoms with Gasteiger partial charge in [0.25, 0.3) is 0 Å². The monoisotopic (exact) mass is 312 g/mol. The first kappa shape index (κ1) is 14.8. The van der Waals surface area contributed by atoms with E-state index in [1.807, 2.05) is 0 Å². The fourth-order valence-corrected chi connectivity index (χ4v) is 4.57. The van der Waals surface area contributed by atoms with Crippen molar-refractivity contribution in [2.75, 3.05) is 5.32 Å². The second kappa shape index (κ2) is 5.25. The van der Waals surface area contributed by atoms with Crippen LogP contribution in [0.3, 0.4) is 0 Å². The van der Waals surface area contributed by atoms with Crippen molar-refractivity contribution in [3.05, 3.63) is 24.0 Å². The van der Waals surface area contributed by atoms with Gasteiger partial charge in [-0.1, -0.05) is 6.42 Å². The summed E-state index contributed by atoms with van der Waals surface area (Å²) < 4.78 is 36.4. The lowest BCUT2D eigenvalue weighted by molar-refractivity contribution is 0.304. The van der Waals surface area contributed by atoms with Crippen LogP contribution < -0.4 is 10.5 Å². The van der Waals surface area contributed by atoms with Gasteiger partial charge in [0.2, 0.25) is 10.0 Å². The minimum absolute atomic E-state index is 0.190. The summed E-state index contributed by atoms with van der Waals surface area (Å²) in [5.41, 5.74) is 0.345. The lowest BCUT2D eigenvalue weighted by Crippen LogP contribution is -2.30. The standard InChI is InChI=1S/C15H21FN2O2S/c1-9(13-7-10-2-3-11(13)6-10)18-15-5-4-12(8-14(15)16)21(17,19)20/h4-5,8-11,13,18H,2-3,6-7H2,1H3,(H2,17,19,20). The molecule has 0 aliphatic heterocycles. The van der Waals surface area contributed by atoms with Gasteiger partial charge in [0.15, 0.2) is 0 Å². The molecule has 0 heterocycles. The maximum absolute atomic E-state index is 14.0. The predicted molar refractivity (Wildman–Crippen MR) is 79.8 cm³/mol. The molecule has 1 aromatic rings. The molecule has 2 fully saturated rings. The Morgan fingerprint density at radius 2 is 2.10 bits per heavy atom. The van der Waals surface area contributed by atoms with Gasteiger partial charge >= 0.3 is 0 Å². The van der Waals surface area contributed by atoms with Crippen LogP contribution in [-0.4, -0.2) is 14.5 Å². The highest BCUT2D eigenvalue weighted by molar-refractivity contribution is 7.89. The average molecular weight is 312 g/mol. The second-order valence-electron chi connectivity index (χ2n) is 6.46. The molecule has 4 unspecified atom stereocenters. The van der Waals surface area contributed by atoms with Gasteiger partial charge in [-0.3, -0.25) is 0 Å². The van der Waals surface area contributed by atoms with Gasteiger partial charge in [0, 0.05) is 6.04 Å². The Kier molecular flexibility index (Phi) is 3.69. The van der Waals surface area contributed by atoms with Crippen molar-refractivity contribution in [1.29, 1.82) is 0 Å². The SMILES string of the molecule is CC(Nc1ccc(S(N)(=O)=O)cc1F)C1CC2CCC1C2. The molecular weight excluding hydrogens is 291 g/mol. The van der Waals surface area contributed by atoms with E-state index in [-0.39, 0.29) is 10.9 Å². The van der Waals surface area contributed by atoms with Crippen molar-refractivity contribution in [3.8, 4) is 0 Å². The van der Waals surface area contributed by atoms with Crippen molar-refractivity contribution < 1.29 is 12.8 Å². The zero-order valence-electron chi connectivity index (χ0n) is 12.0. The van der Waals surface area contributed by atoms with Crippen LogP contribution in [0.1, 0.15) is 32.6 Å². The molecule has 0 amide bonds. The van der Waals surface area contributed by atoms with Crippen LogP contribution in [-0.2, 0) is 10.0 Å². The van der Waals surface area contributed by atoms with E-state index in [0.29, 0.717) is 11.6 Å². The number of halogens is 1. The molecule has 4 atom stereocenters. The van der Waals surface area contributed by atoms with Crippen molar-refractivity contribution in [2.24, 2.45) is 22.9 Å². The lowest BCUT2D eigenvalue weighted by Gasteiger charge is -2.29. The molecule has 3 N–H and O–H groups in total. The fourth-order valence-electron chi connectivity index (χ4n) is 4.05. The molecule has 0 radical (unpaired) electrons. The summed E-state index contributed by atoms with van der Waals surface area (Å²) >= 11 is 0. The Balaban J connectivity index is 1.73. The van der Waals surface area contributed by atoms with Gasteiger partial charge < -0.3 is 5.32 Å². The molecule has 2 bridgehead atoms. The maximum atomic E-state index is 14.0. The largest absolute Gasteiger partial charge is 0.380 e. The van der Waals surface area contributed by atoms with Crippen LogP contribution in [0, 0.1) is 23.6 Å². The maximum Gasteiger partial charge on any atom is 0.238 e. The van der Waals surface area contributed by atoms with Crippen molar-refractivity contribution in [1.82, 2.24) is 0 Å². The van der Waals surface area contributed by atoms with E-state index in [9.17, 15) is 12.8 Å². The van der Waals surface area contributed by atoms with Gasteiger partial charge in [-0.05, 0) is 62.1 Å². The third-order valence-corrected chi connectivity index (χ3v) is 6.00. The number of nitrogens with two attached hydrogens (primary N) is 1. The number of sulfonamides is 1. The zero-order valence-corrected chi connectivity index (χ0v) is 12.9. The highest BCUT2D eigenvalue weighted by Crippen LogP contribution is 2.49. The van der Waals surface area contributed by atoms with Gasteiger partial charge in [-0.25, -0.2) is 17.9 Å². The molecule has 0 aromatic heterocycles. The number of rotatable bonds is 4. The highest BCUT2D eigenvalue weighted by Gasteiger charge is 2.41. The van der Waals surface area contributed by atoms with Crippen LogP contribution in [0.4, 0.5) is 10.1 Å². The number of hydrogen-bond acceptors (Lipinski definition) is 3. The minimum atomic E-state index is -3.86. The Labute approximate surface area is 125 Å². The van der Waals surface area contributed by atoms with Gasteiger partial charge in [-0.15, -0.1) is 0 Å². The van der Waals surface area contributed by atoms with Crippen molar-refractivity contribution >= 4 is 15.7 Å². The lowest BCUT2D eigenvalue weighted by atomic mass is 9.84. The molecular formula is C15H21FN2O2S. The summed E-state index contributed by atoms with van der Waals surface area (Å²) in [7, 11) is -3.86.